The first kappa shape index (κ1) is 12.8. The van der Waals surface area contributed by atoms with Gasteiger partial charge in [0.1, 0.15) is 5.75 Å². The van der Waals surface area contributed by atoms with Crippen molar-refractivity contribution in [1.29, 1.82) is 0 Å². The van der Waals surface area contributed by atoms with Gasteiger partial charge in [0, 0.05) is 28.9 Å². The largest absolute Gasteiger partial charge is 0.493 e. The van der Waals surface area contributed by atoms with Crippen LogP contribution in [0.25, 0.3) is 0 Å². The number of hydrogen-bond donors (Lipinski definition) is 1. The van der Waals surface area contributed by atoms with Gasteiger partial charge in [-0.3, -0.25) is 0 Å². The molecule has 0 aliphatic carbocycles. The Balaban J connectivity index is 1.90. The molecule has 2 heterocycles. The van der Waals surface area contributed by atoms with Crippen LogP contribution in [0.2, 0.25) is 0 Å². The van der Waals surface area contributed by atoms with Gasteiger partial charge in [0.25, 0.3) is 0 Å². The first-order valence-corrected chi connectivity index (χ1v) is 7.20. The first-order chi connectivity index (χ1) is 9.13. The minimum absolute atomic E-state index is 0.425. The third-order valence-corrected chi connectivity index (χ3v) is 3.89. The highest BCUT2D eigenvalue weighted by molar-refractivity contribution is 9.10. The summed E-state index contributed by atoms with van der Waals surface area (Å²) in [6.07, 6.45) is 4.52. The second kappa shape index (κ2) is 5.02. The summed E-state index contributed by atoms with van der Waals surface area (Å²) in [7, 11) is 0. The van der Waals surface area contributed by atoms with Crippen LogP contribution in [0.5, 0.6) is 5.75 Å². The minimum Gasteiger partial charge on any atom is -0.493 e. The van der Waals surface area contributed by atoms with Crippen molar-refractivity contribution in [3.05, 3.63) is 51.8 Å². The molecule has 0 radical (unpaired) electrons. The molecule has 1 atom stereocenters. The summed E-state index contributed by atoms with van der Waals surface area (Å²) >= 11 is 3.55. The molecule has 1 unspecified atom stereocenters. The van der Waals surface area contributed by atoms with Crippen molar-refractivity contribution in [3.8, 4) is 5.75 Å². The molecule has 4 heteroatoms. The van der Waals surface area contributed by atoms with E-state index in [2.05, 4.69) is 32.6 Å². The van der Waals surface area contributed by atoms with Crippen LogP contribution in [0.3, 0.4) is 0 Å². The van der Waals surface area contributed by atoms with Crippen molar-refractivity contribution in [2.75, 3.05) is 6.61 Å². The van der Waals surface area contributed by atoms with Crippen LogP contribution in [0.15, 0.2) is 35.1 Å². The molecular weight excluding hydrogens is 306 g/mol. The number of hydrogen-bond acceptors (Lipinski definition) is 2. The van der Waals surface area contributed by atoms with Gasteiger partial charge >= 0.3 is 0 Å². The van der Waals surface area contributed by atoms with E-state index in [0.717, 1.165) is 35.4 Å². The molecule has 1 aliphatic rings. The minimum atomic E-state index is -0.425. The van der Waals surface area contributed by atoms with Crippen LogP contribution in [-0.4, -0.2) is 16.3 Å². The van der Waals surface area contributed by atoms with Crippen molar-refractivity contribution in [1.82, 2.24) is 4.57 Å². The van der Waals surface area contributed by atoms with Gasteiger partial charge in [-0.05, 0) is 36.2 Å². The lowest BCUT2D eigenvalue weighted by molar-refractivity contribution is 0.199. The zero-order valence-corrected chi connectivity index (χ0v) is 12.4. The van der Waals surface area contributed by atoms with Gasteiger partial charge in [0.2, 0.25) is 0 Å². The van der Waals surface area contributed by atoms with E-state index in [0.29, 0.717) is 0 Å². The maximum absolute atomic E-state index is 9.56. The van der Waals surface area contributed by atoms with Gasteiger partial charge in [0.05, 0.1) is 19.3 Å². The average molecular weight is 322 g/mol. The topological polar surface area (TPSA) is 34.4 Å². The van der Waals surface area contributed by atoms with Crippen LogP contribution in [0, 0.1) is 0 Å². The van der Waals surface area contributed by atoms with Crippen LogP contribution in [0.1, 0.15) is 29.7 Å². The maximum atomic E-state index is 9.56. The maximum Gasteiger partial charge on any atom is 0.127 e. The van der Waals surface area contributed by atoms with E-state index in [9.17, 15) is 5.11 Å². The molecule has 0 saturated carbocycles. The second-order valence-corrected chi connectivity index (χ2v) is 5.86. The molecule has 0 fully saturated rings. The monoisotopic (exact) mass is 321 g/mol. The highest BCUT2D eigenvalue weighted by Gasteiger charge is 2.17. The van der Waals surface area contributed by atoms with Gasteiger partial charge in [-0.2, -0.15) is 0 Å². The van der Waals surface area contributed by atoms with E-state index in [-0.39, 0.29) is 0 Å². The molecule has 19 heavy (non-hydrogen) atoms. The van der Waals surface area contributed by atoms with Gasteiger partial charge in [0.15, 0.2) is 0 Å². The molecule has 100 valence electrons. The number of nitrogens with zero attached hydrogens (tertiary/aromatic N) is 1. The van der Waals surface area contributed by atoms with Crippen molar-refractivity contribution >= 4 is 15.9 Å². The summed E-state index contributed by atoms with van der Waals surface area (Å²) in [5, 5.41) is 9.56. The predicted octanol–water partition coefficient (Wildman–Crippen LogP) is 3.29. The third-order valence-electron chi connectivity index (χ3n) is 3.43. The number of halogens is 1. The van der Waals surface area contributed by atoms with E-state index in [1.165, 1.54) is 11.1 Å². The van der Waals surface area contributed by atoms with Gasteiger partial charge in [-0.15, -0.1) is 0 Å². The fraction of sp³-hybridized carbons (Fsp3) is 0.333. The Kier molecular flexibility index (Phi) is 3.37. The fourth-order valence-electron chi connectivity index (χ4n) is 2.46. The fourth-order valence-corrected chi connectivity index (χ4v) is 3.02. The Bertz CT molecular complexity index is 604. The molecule has 1 aromatic heterocycles. The predicted molar refractivity (Wildman–Crippen MR) is 77.5 cm³/mol. The number of rotatable bonds is 3. The van der Waals surface area contributed by atoms with Gasteiger partial charge < -0.3 is 14.4 Å². The molecule has 0 saturated heterocycles. The van der Waals surface area contributed by atoms with Crippen LogP contribution in [0.4, 0.5) is 0 Å². The van der Waals surface area contributed by atoms with E-state index in [1.807, 2.05) is 18.5 Å². The smallest absolute Gasteiger partial charge is 0.127 e. The summed E-state index contributed by atoms with van der Waals surface area (Å²) in [5.74, 6) is 1.02. The van der Waals surface area contributed by atoms with Crippen LogP contribution < -0.4 is 4.74 Å². The van der Waals surface area contributed by atoms with Crippen molar-refractivity contribution in [3.63, 3.8) is 0 Å². The molecule has 0 amide bonds. The van der Waals surface area contributed by atoms with Gasteiger partial charge in [-0.25, -0.2) is 0 Å². The van der Waals surface area contributed by atoms with E-state index >= 15 is 0 Å². The average Bonchev–Trinajstić information content (AvgIpc) is 2.96. The first-order valence-electron chi connectivity index (χ1n) is 6.41. The third kappa shape index (κ3) is 2.55. The lowest BCUT2D eigenvalue weighted by atomic mass is 10.1. The normalized spacial score (nSPS) is 15.1. The zero-order valence-electron chi connectivity index (χ0n) is 10.8. The number of ether oxygens (including phenoxy) is 1. The molecule has 0 spiro atoms. The van der Waals surface area contributed by atoms with Crippen LogP contribution in [-0.2, 0) is 13.0 Å². The number of benzene rings is 1. The summed E-state index contributed by atoms with van der Waals surface area (Å²) in [4.78, 5) is 0. The van der Waals surface area contributed by atoms with E-state index < -0.39 is 6.10 Å². The van der Waals surface area contributed by atoms with Crippen LogP contribution >= 0.6 is 15.9 Å². The summed E-state index contributed by atoms with van der Waals surface area (Å²) in [6, 6.07) is 6.18. The highest BCUT2D eigenvalue weighted by Crippen LogP contribution is 2.33. The Labute approximate surface area is 121 Å². The van der Waals surface area contributed by atoms with Crippen molar-refractivity contribution in [2.45, 2.75) is 26.0 Å². The van der Waals surface area contributed by atoms with Crippen molar-refractivity contribution < 1.29 is 9.84 Å². The SMILES string of the molecule is CC(O)c1ccn(Cc2cc(Br)cc3c2OCC3)c1. The van der Waals surface area contributed by atoms with E-state index in [1.54, 1.807) is 6.92 Å². The Hall–Kier alpha value is -1.26. The highest BCUT2D eigenvalue weighted by atomic mass is 79.9. The summed E-state index contributed by atoms with van der Waals surface area (Å²) in [6.45, 7) is 3.30. The lowest BCUT2D eigenvalue weighted by Gasteiger charge is -2.10. The molecule has 3 nitrogen and oxygen atoms in total. The molecule has 1 aliphatic heterocycles. The van der Waals surface area contributed by atoms with Crippen molar-refractivity contribution in [2.24, 2.45) is 0 Å². The molecule has 2 aromatic rings. The molecule has 3 rings (SSSR count). The Morgan fingerprint density at radius 1 is 1.47 bits per heavy atom. The quantitative estimate of drug-likeness (QED) is 0.941. The zero-order chi connectivity index (χ0) is 13.4. The number of aliphatic hydroxyl groups is 1. The number of aromatic nitrogens is 1. The molecule has 1 aromatic carbocycles. The summed E-state index contributed by atoms with van der Waals surface area (Å²) < 4.78 is 8.89. The number of fused-ring (bicyclic) bond motifs is 1. The standard InChI is InChI=1S/C15H16BrNO2/c1-10(18)12-2-4-17(8-12)9-13-7-14(16)6-11-3-5-19-15(11)13/h2,4,6-8,10,18H,3,5,9H2,1H3. The number of aliphatic hydroxyl groups excluding tert-OH is 1. The summed E-state index contributed by atoms with van der Waals surface area (Å²) in [5.41, 5.74) is 3.38. The van der Waals surface area contributed by atoms with Gasteiger partial charge in [-0.1, -0.05) is 15.9 Å². The lowest BCUT2D eigenvalue weighted by Crippen LogP contribution is -2.00. The Morgan fingerprint density at radius 3 is 3.05 bits per heavy atom. The molecular formula is C15H16BrNO2. The van der Waals surface area contributed by atoms with E-state index in [4.69, 9.17) is 4.74 Å². The Morgan fingerprint density at radius 2 is 2.32 bits per heavy atom. The second-order valence-electron chi connectivity index (χ2n) is 4.94. The molecule has 1 N–H and O–H groups in total. The molecule has 0 bridgehead atoms.